The van der Waals surface area contributed by atoms with Gasteiger partial charge in [0.05, 0.1) is 10.5 Å². The first kappa shape index (κ1) is 16.3. The largest absolute Gasteiger partial charge is 0.388 e. The van der Waals surface area contributed by atoms with Crippen molar-refractivity contribution >= 4 is 15.7 Å². The van der Waals surface area contributed by atoms with Crippen LogP contribution < -0.4 is 4.90 Å². The first-order valence-electron chi connectivity index (χ1n) is 7.21. The quantitative estimate of drug-likeness (QED) is 0.898. The monoisotopic (exact) mass is 312 g/mol. The minimum absolute atomic E-state index is 0.282. The van der Waals surface area contributed by atoms with E-state index >= 15 is 0 Å². The minimum Gasteiger partial charge on any atom is -0.388 e. The van der Waals surface area contributed by atoms with Gasteiger partial charge in [0.15, 0.2) is 0 Å². The van der Waals surface area contributed by atoms with E-state index in [1.54, 1.807) is 24.3 Å². The number of rotatable bonds is 5. The molecule has 1 aromatic rings. The van der Waals surface area contributed by atoms with E-state index in [0.717, 1.165) is 31.4 Å². The topological polar surface area (TPSA) is 60.9 Å². The van der Waals surface area contributed by atoms with Gasteiger partial charge >= 0.3 is 0 Å². The van der Waals surface area contributed by atoms with Crippen molar-refractivity contribution in [2.24, 2.45) is 0 Å². The van der Waals surface area contributed by atoms with Gasteiger partial charge in [-0.25, -0.2) is 12.7 Å². The van der Waals surface area contributed by atoms with Gasteiger partial charge in [0.25, 0.3) is 0 Å². The average molecular weight is 312 g/mol. The predicted molar refractivity (Wildman–Crippen MR) is 84.0 cm³/mol. The number of likely N-dealkylation sites (N-methyl/N-ethyl adjacent to an activating group) is 1. The van der Waals surface area contributed by atoms with Crippen molar-refractivity contribution in [3.05, 3.63) is 24.3 Å². The summed E-state index contributed by atoms with van der Waals surface area (Å²) in [5, 5.41) is 10.4. The van der Waals surface area contributed by atoms with Crippen molar-refractivity contribution in [2.45, 2.75) is 36.2 Å². The van der Waals surface area contributed by atoms with Gasteiger partial charge < -0.3 is 10.0 Å². The molecule has 6 heteroatoms. The van der Waals surface area contributed by atoms with Gasteiger partial charge in [-0.1, -0.05) is 12.8 Å². The summed E-state index contributed by atoms with van der Waals surface area (Å²) >= 11 is 0. The molecule has 0 heterocycles. The SMILES string of the molecule is CN(CC1(O)CCCC1)c1ccc(S(=O)(=O)N(C)C)cc1. The lowest BCUT2D eigenvalue weighted by molar-refractivity contribution is 0.0559. The van der Waals surface area contributed by atoms with Crippen molar-refractivity contribution in [3.63, 3.8) is 0 Å². The van der Waals surface area contributed by atoms with Crippen LogP contribution in [0.5, 0.6) is 0 Å². The summed E-state index contributed by atoms with van der Waals surface area (Å²) in [4.78, 5) is 2.27. The Labute approximate surface area is 127 Å². The molecule has 1 N–H and O–H groups in total. The summed E-state index contributed by atoms with van der Waals surface area (Å²) in [5.74, 6) is 0. The van der Waals surface area contributed by atoms with Crippen LogP contribution in [0.15, 0.2) is 29.2 Å². The first-order valence-corrected chi connectivity index (χ1v) is 8.65. The van der Waals surface area contributed by atoms with E-state index < -0.39 is 15.6 Å². The molecule has 1 aliphatic carbocycles. The van der Waals surface area contributed by atoms with Gasteiger partial charge in [0, 0.05) is 33.4 Å². The second kappa shape index (κ2) is 5.94. The minimum atomic E-state index is -3.39. The highest BCUT2D eigenvalue weighted by atomic mass is 32.2. The van der Waals surface area contributed by atoms with Crippen molar-refractivity contribution in [1.82, 2.24) is 4.31 Å². The maximum Gasteiger partial charge on any atom is 0.242 e. The van der Waals surface area contributed by atoms with Gasteiger partial charge in [-0.05, 0) is 37.1 Å². The van der Waals surface area contributed by atoms with Crippen LogP contribution in [0, 0.1) is 0 Å². The smallest absolute Gasteiger partial charge is 0.242 e. The zero-order valence-corrected chi connectivity index (χ0v) is 13.7. The van der Waals surface area contributed by atoms with Crippen molar-refractivity contribution in [1.29, 1.82) is 0 Å². The maximum absolute atomic E-state index is 12.0. The third-order valence-corrected chi connectivity index (χ3v) is 5.95. The lowest BCUT2D eigenvalue weighted by Gasteiger charge is -2.30. The summed E-state index contributed by atoms with van der Waals surface area (Å²) in [6, 6.07) is 6.79. The Morgan fingerprint density at radius 3 is 2.10 bits per heavy atom. The summed E-state index contributed by atoms with van der Waals surface area (Å²) in [6.07, 6.45) is 3.82. The summed E-state index contributed by atoms with van der Waals surface area (Å²) in [5.41, 5.74) is 0.302. The molecule has 0 aliphatic heterocycles. The van der Waals surface area contributed by atoms with Crippen LogP contribution in [-0.2, 0) is 10.0 Å². The third kappa shape index (κ3) is 3.56. The summed E-state index contributed by atoms with van der Waals surface area (Å²) in [6.45, 7) is 0.576. The fourth-order valence-electron chi connectivity index (χ4n) is 2.81. The predicted octanol–water partition coefficient (Wildman–Crippen LogP) is 1.68. The molecule has 0 atom stereocenters. The van der Waals surface area contributed by atoms with Gasteiger partial charge in [0.2, 0.25) is 10.0 Å². The number of anilines is 1. The molecule has 118 valence electrons. The molecule has 2 rings (SSSR count). The first-order chi connectivity index (χ1) is 9.74. The Balaban J connectivity index is 2.12. The standard InChI is InChI=1S/C15H24N2O3S/c1-16(2)21(19,20)14-8-6-13(7-9-14)17(3)12-15(18)10-4-5-11-15/h6-9,18H,4-5,10-12H2,1-3H3. The zero-order chi connectivity index (χ0) is 15.7. The van der Waals surface area contributed by atoms with Crippen LogP contribution in [0.3, 0.4) is 0 Å². The van der Waals surface area contributed by atoms with Crippen molar-refractivity contribution < 1.29 is 13.5 Å². The molecule has 0 saturated heterocycles. The molecule has 0 unspecified atom stereocenters. The lowest BCUT2D eigenvalue weighted by atomic mass is 10.0. The average Bonchev–Trinajstić information content (AvgIpc) is 2.85. The van der Waals surface area contributed by atoms with Crippen LogP contribution in [0.1, 0.15) is 25.7 Å². The molecule has 0 radical (unpaired) electrons. The molecule has 5 nitrogen and oxygen atoms in total. The number of benzene rings is 1. The lowest BCUT2D eigenvalue weighted by Crippen LogP contribution is -2.39. The number of nitrogens with zero attached hydrogens (tertiary/aromatic N) is 2. The fraction of sp³-hybridized carbons (Fsp3) is 0.600. The molecule has 21 heavy (non-hydrogen) atoms. The van der Waals surface area contributed by atoms with E-state index in [1.807, 2.05) is 11.9 Å². The molecule has 0 amide bonds. The van der Waals surface area contributed by atoms with E-state index in [4.69, 9.17) is 0 Å². The van der Waals surface area contributed by atoms with E-state index in [2.05, 4.69) is 0 Å². The molecule has 1 saturated carbocycles. The number of sulfonamides is 1. The number of aliphatic hydroxyl groups is 1. The van der Waals surface area contributed by atoms with Gasteiger partial charge in [-0.15, -0.1) is 0 Å². The molecule has 1 aromatic carbocycles. The van der Waals surface area contributed by atoms with Crippen LogP contribution >= 0.6 is 0 Å². The van der Waals surface area contributed by atoms with Gasteiger partial charge in [0.1, 0.15) is 0 Å². The third-order valence-electron chi connectivity index (χ3n) is 4.12. The van der Waals surface area contributed by atoms with E-state index in [0.29, 0.717) is 6.54 Å². The van der Waals surface area contributed by atoms with Crippen molar-refractivity contribution in [3.8, 4) is 0 Å². The highest BCUT2D eigenvalue weighted by Gasteiger charge is 2.32. The maximum atomic E-state index is 12.0. The van der Waals surface area contributed by atoms with Crippen LogP contribution in [0.2, 0.25) is 0 Å². The highest BCUT2D eigenvalue weighted by molar-refractivity contribution is 7.89. The second-order valence-electron chi connectivity index (χ2n) is 6.07. The Hall–Kier alpha value is -1.11. The van der Waals surface area contributed by atoms with E-state index in [1.165, 1.54) is 18.4 Å². The fourth-order valence-corrected chi connectivity index (χ4v) is 3.71. The molecule has 1 fully saturated rings. The zero-order valence-electron chi connectivity index (χ0n) is 12.9. The summed E-state index contributed by atoms with van der Waals surface area (Å²) in [7, 11) is 1.57. The summed E-state index contributed by atoms with van der Waals surface area (Å²) < 4.78 is 25.2. The van der Waals surface area contributed by atoms with Gasteiger partial charge in [-0.3, -0.25) is 0 Å². The highest BCUT2D eigenvalue weighted by Crippen LogP contribution is 2.31. The Bertz CT molecular complexity index is 575. The second-order valence-corrected chi connectivity index (χ2v) is 8.22. The number of hydrogen-bond acceptors (Lipinski definition) is 4. The Kier molecular flexibility index (Phi) is 4.60. The van der Waals surface area contributed by atoms with Crippen LogP contribution in [0.4, 0.5) is 5.69 Å². The van der Waals surface area contributed by atoms with E-state index in [-0.39, 0.29) is 4.90 Å². The molecule has 0 aromatic heterocycles. The number of hydrogen-bond donors (Lipinski definition) is 1. The van der Waals surface area contributed by atoms with Crippen LogP contribution in [-0.4, -0.2) is 51.1 Å². The molecule has 1 aliphatic rings. The molecule has 0 spiro atoms. The van der Waals surface area contributed by atoms with Crippen LogP contribution in [0.25, 0.3) is 0 Å². The molecular formula is C15H24N2O3S. The van der Waals surface area contributed by atoms with Gasteiger partial charge in [-0.2, -0.15) is 0 Å². The Morgan fingerprint density at radius 2 is 1.62 bits per heavy atom. The molecular weight excluding hydrogens is 288 g/mol. The Morgan fingerprint density at radius 1 is 1.10 bits per heavy atom. The van der Waals surface area contributed by atoms with E-state index in [9.17, 15) is 13.5 Å². The normalized spacial score (nSPS) is 18.1. The molecule has 0 bridgehead atoms. The van der Waals surface area contributed by atoms with Crippen molar-refractivity contribution in [2.75, 3.05) is 32.6 Å².